The van der Waals surface area contributed by atoms with Crippen LogP contribution in [-0.2, 0) is 6.42 Å². The van der Waals surface area contributed by atoms with Crippen molar-refractivity contribution in [3.8, 4) is 5.75 Å². The van der Waals surface area contributed by atoms with E-state index < -0.39 is 0 Å². The number of methoxy groups -OCH3 is 1. The molecular weight excluding hydrogens is 316 g/mol. The average Bonchev–Trinajstić information content (AvgIpc) is 3.32. The van der Waals surface area contributed by atoms with Crippen molar-refractivity contribution >= 4 is 6.03 Å². The minimum atomic E-state index is 0.00164. The normalized spacial score (nSPS) is 22.5. The molecule has 2 amide bonds. The maximum Gasteiger partial charge on any atom is 0.318 e. The highest BCUT2D eigenvalue weighted by Crippen LogP contribution is 2.37. The van der Waals surface area contributed by atoms with Crippen LogP contribution in [0.25, 0.3) is 0 Å². The summed E-state index contributed by atoms with van der Waals surface area (Å²) in [5, 5.41) is 3.24. The van der Waals surface area contributed by atoms with Crippen molar-refractivity contribution in [1.29, 1.82) is 0 Å². The van der Waals surface area contributed by atoms with Gasteiger partial charge in [-0.25, -0.2) is 9.78 Å². The number of H-pyrrole nitrogens is 1. The smallest absolute Gasteiger partial charge is 0.318 e. The number of carbonyl (C=O) groups excluding carboxylic acids is 1. The summed E-state index contributed by atoms with van der Waals surface area (Å²) >= 11 is 0. The van der Waals surface area contributed by atoms with Gasteiger partial charge in [-0.05, 0) is 49.3 Å². The van der Waals surface area contributed by atoms with Gasteiger partial charge in [-0.2, -0.15) is 0 Å². The first-order valence-electron chi connectivity index (χ1n) is 9.00. The van der Waals surface area contributed by atoms with Gasteiger partial charge in [0.15, 0.2) is 0 Å². The fraction of sp³-hybridized carbons (Fsp3) is 0.474. The third-order valence-electron chi connectivity index (χ3n) is 5.34. The number of nitrogens with zero attached hydrogens (tertiary/aromatic N) is 2. The van der Waals surface area contributed by atoms with E-state index in [1.165, 1.54) is 11.1 Å². The molecule has 1 aromatic carbocycles. The van der Waals surface area contributed by atoms with Crippen LogP contribution in [0, 0.1) is 0 Å². The number of benzene rings is 1. The van der Waals surface area contributed by atoms with Crippen molar-refractivity contribution in [1.82, 2.24) is 20.2 Å². The molecule has 1 fully saturated rings. The molecule has 0 bridgehead atoms. The molecule has 1 aliphatic heterocycles. The van der Waals surface area contributed by atoms with Crippen LogP contribution in [-0.4, -0.2) is 34.6 Å². The molecule has 0 spiro atoms. The van der Waals surface area contributed by atoms with Crippen LogP contribution in [0.2, 0.25) is 0 Å². The zero-order valence-electron chi connectivity index (χ0n) is 14.5. The zero-order chi connectivity index (χ0) is 17.2. The topological polar surface area (TPSA) is 70.2 Å². The van der Waals surface area contributed by atoms with Crippen molar-refractivity contribution in [2.45, 2.75) is 44.2 Å². The molecule has 1 aromatic heterocycles. The first-order valence-corrected chi connectivity index (χ1v) is 9.00. The number of fused-ring (bicyclic) bond motifs is 1. The predicted molar refractivity (Wildman–Crippen MR) is 94.5 cm³/mol. The minimum Gasteiger partial charge on any atom is -0.496 e. The van der Waals surface area contributed by atoms with Crippen molar-refractivity contribution in [3.05, 3.63) is 47.5 Å². The molecule has 6 nitrogen and oxygen atoms in total. The average molecular weight is 340 g/mol. The Balaban J connectivity index is 1.51. The van der Waals surface area contributed by atoms with E-state index >= 15 is 0 Å². The van der Waals surface area contributed by atoms with Gasteiger partial charge in [0.25, 0.3) is 0 Å². The molecule has 0 saturated carbocycles. The molecular formula is C19H24N4O2. The second-order valence-electron chi connectivity index (χ2n) is 6.75. The zero-order valence-corrected chi connectivity index (χ0v) is 14.5. The van der Waals surface area contributed by atoms with Gasteiger partial charge in [0.2, 0.25) is 0 Å². The second-order valence-corrected chi connectivity index (χ2v) is 6.75. The number of piperidine rings is 1. The number of carbonyl (C=O) groups is 1. The quantitative estimate of drug-likeness (QED) is 0.900. The van der Waals surface area contributed by atoms with Crippen molar-refractivity contribution < 1.29 is 9.53 Å². The van der Waals surface area contributed by atoms with Gasteiger partial charge in [0.1, 0.15) is 11.6 Å². The van der Waals surface area contributed by atoms with Crippen LogP contribution >= 0.6 is 0 Å². The van der Waals surface area contributed by atoms with E-state index in [0.717, 1.165) is 50.2 Å². The molecule has 25 heavy (non-hydrogen) atoms. The van der Waals surface area contributed by atoms with E-state index in [-0.39, 0.29) is 18.1 Å². The van der Waals surface area contributed by atoms with E-state index in [2.05, 4.69) is 21.4 Å². The van der Waals surface area contributed by atoms with E-state index in [4.69, 9.17) is 4.74 Å². The lowest BCUT2D eigenvalue weighted by Gasteiger charge is -2.35. The number of urea groups is 1. The third kappa shape index (κ3) is 2.97. The number of nitrogens with one attached hydrogen (secondary N) is 2. The number of aromatic amines is 1. The van der Waals surface area contributed by atoms with Crippen LogP contribution in [0.15, 0.2) is 30.6 Å². The first-order chi connectivity index (χ1) is 12.3. The van der Waals surface area contributed by atoms with Gasteiger partial charge in [0, 0.05) is 18.9 Å². The molecule has 0 radical (unpaired) electrons. The largest absolute Gasteiger partial charge is 0.496 e. The predicted octanol–water partition coefficient (Wildman–Crippen LogP) is 3.34. The standard InChI is InChI=1S/C19H24N4O2/c1-25-17-7-4-5-13-14(17)8-9-15(13)22-19(24)23-12-3-2-6-16(23)18-20-10-11-21-18/h4-5,7,10-11,15-16H,2-3,6,8-9,12H2,1H3,(H,20,21)(H,22,24)/t15-,16-/m1/s1. The number of hydrogen-bond acceptors (Lipinski definition) is 3. The maximum atomic E-state index is 13.0. The van der Waals surface area contributed by atoms with E-state index in [9.17, 15) is 4.79 Å². The Morgan fingerprint density at radius 1 is 1.36 bits per heavy atom. The van der Waals surface area contributed by atoms with Crippen LogP contribution in [0.5, 0.6) is 5.75 Å². The fourth-order valence-electron chi connectivity index (χ4n) is 4.11. The van der Waals surface area contributed by atoms with Gasteiger partial charge in [-0.1, -0.05) is 12.1 Å². The number of ether oxygens (including phenoxy) is 1. The number of rotatable bonds is 3. The van der Waals surface area contributed by atoms with Crippen LogP contribution < -0.4 is 10.1 Å². The molecule has 2 aliphatic rings. The fourth-order valence-corrected chi connectivity index (χ4v) is 4.11. The molecule has 2 heterocycles. The number of aromatic nitrogens is 2. The highest BCUT2D eigenvalue weighted by atomic mass is 16.5. The molecule has 2 atom stereocenters. The van der Waals surface area contributed by atoms with Crippen LogP contribution in [0.4, 0.5) is 4.79 Å². The summed E-state index contributed by atoms with van der Waals surface area (Å²) in [7, 11) is 1.70. The summed E-state index contributed by atoms with van der Waals surface area (Å²) < 4.78 is 5.46. The van der Waals surface area contributed by atoms with Crippen molar-refractivity contribution in [3.63, 3.8) is 0 Å². The van der Waals surface area contributed by atoms with E-state index in [1.807, 2.05) is 23.2 Å². The first kappa shape index (κ1) is 16.0. The summed E-state index contributed by atoms with van der Waals surface area (Å²) in [5.74, 6) is 1.80. The molecule has 4 rings (SSSR count). The number of amides is 2. The number of imidazole rings is 1. The summed E-state index contributed by atoms with van der Waals surface area (Å²) in [6, 6.07) is 6.17. The Morgan fingerprint density at radius 2 is 2.28 bits per heavy atom. The Morgan fingerprint density at radius 3 is 3.08 bits per heavy atom. The van der Waals surface area contributed by atoms with Gasteiger partial charge in [-0.3, -0.25) is 0 Å². The molecule has 1 saturated heterocycles. The SMILES string of the molecule is COc1cccc2c1CC[C@H]2NC(=O)N1CCCC[C@@H]1c1ncc[nH]1. The van der Waals surface area contributed by atoms with Crippen molar-refractivity contribution in [2.24, 2.45) is 0 Å². The highest BCUT2D eigenvalue weighted by molar-refractivity contribution is 5.75. The Kier molecular flexibility index (Phi) is 4.34. The van der Waals surface area contributed by atoms with E-state index in [1.54, 1.807) is 13.3 Å². The van der Waals surface area contributed by atoms with E-state index in [0.29, 0.717) is 0 Å². The Hall–Kier alpha value is -2.50. The third-order valence-corrected chi connectivity index (χ3v) is 5.34. The molecule has 0 unspecified atom stereocenters. The number of hydrogen-bond donors (Lipinski definition) is 2. The minimum absolute atomic E-state index is 0.00164. The summed E-state index contributed by atoms with van der Waals surface area (Å²) in [6.45, 7) is 0.773. The van der Waals surface area contributed by atoms with Gasteiger partial charge in [0.05, 0.1) is 19.2 Å². The summed E-state index contributed by atoms with van der Waals surface area (Å²) in [4.78, 5) is 22.4. The summed E-state index contributed by atoms with van der Waals surface area (Å²) in [6.07, 6.45) is 8.54. The Labute approximate surface area is 147 Å². The molecule has 132 valence electrons. The molecule has 2 aromatic rings. The molecule has 2 N–H and O–H groups in total. The lowest BCUT2D eigenvalue weighted by atomic mass is 10.0. The Bertz CT molecular complexity index is 744. The second kappa shape index (κ2) is 6.78. The van der Waals surface area contributed by atoms with Gasteiger partial charge in [-0.15, -0.1) is 0 Å². The van der Waals surface area contributed by atoms with Crippen LogP contribution in [0.3, 0.4) is 0 Å². The molecule has 6 heteroatoms. The molecule has 1 aliphatic carbocycles. The van der Waals surface area contributed by atoms with Crippen LogP contribution in [0.1, 0.15) is 54.7 Å². The van der Waals surface area contributed by atoms with Gasteiger partial charge >= 0.3 is 6.03 Å². The summed E-state index contributed by atoms with van der Waals surface area (Å²) in [5.41, 5.74) is 2.40. The number of likely N-dealkylation sites (tertiary alicyclic amines) is 1. The highest BCUT2D eigenvalue weighted by Gasteiger charge is 2.33. The monoisotopic (exact) mass is 340 g/mol. The van der Waals surface area contributed by atoms with Crippen molar-refractivity contribution in [2.75, 3.05) is 13.7 Å². The maximum absolute atomic E-state index is 13.0. The van der Waals surface area contributed by atoms with Gasteiger partial charge < -0.3 is 19.9 Å². The lowest BCUT2D eigenvalue weighted by Crippen LogP contribution is -2.45. The lowest BCUT2D eigenvalue weighted by molar-refractivity contribution is 0.145.